The zero-order chi connectivity index (χ0) is 10.4. The first-order chi connectivity index (χ1) is 6.77. The lowest BCUT2D eigenvalue weighted by Crippen LogP contribution is -2.04. The number of hydrogen-bond acceptors (Lipinski definition) is 2. The minimum atomic E-state index is 0.149. The van der Waals surface area contributed by atoms with Gasteiger partial charge in [0.05, 0.1) is 6.10 Å². The molecule has 1 unspecified atom stereocenters. The lowest BCUT2D eigenvalue weighted by molar-refractivity contribution is 0.0662. The van der Waals surface area contributed by atoms with Crippen LogP contribution in [0.2, 0.25) is 0 Å². The van der Waals surface area contributed by atoms with Gasteiger partial charge in [-0.05, 0) is 12.5 Å². The summed E-state index contributed by atoms with van der Waals surface area (Å²) in [6.45, 7) is 2.81. The molecule has 1 aromatic carbocycles. The summed E-state index contributed by atoms with van der Waals surface area (Å²) in [5, 5.41) is 0. The molecular formula is C12H18O2. The van der Waals surface area contributed by atoms with Crippen LogP contribution in [0.25, 0.3) is 0 Å². The van der Waals surface area contributed by atoms with Gasteiger partial charge in [0.15, 0.2) is 0 Å². The van der Waals surface area contributed by atoms with E-state index in [1.807, 2.05) is 0 Å². The third kappa shape index (κ3) is 3.13. The Morgan fingerprint density at radius 2 is 1.79 bits per heavy atom. The summed E-state index contributed by atoms with van der Waals surface area (Å²) < 4.78 is 10.4. The van der Waals surface area contributed by atoms with E-state index in [0.29, 0.717) is 0 Å². The van der Waals surface area contributed by atoms with Gasteiger partial charge in [0, 0.05) is 27.2 Å². The molecule has 2 heteroatoms. The number of methoxy groups -OCH3 is 2. The van der Waals surface area contributed by atoms with Crippen molar-refractivity contribution < 1.29 is 9.47 Å². The maximum atomic E-state index is 5.40. The Hall–Kier alpha value is -0.860. The molecule has 2 nitrogen and oxygen atoms in total. The largest absolute Gasteiger partial charge is 0.385 e. The summed E-state index contributed by atoms with van der Waals surface area (Å²) in [6.07, 6.45) is 1.05. The standard InChI is InChI=1S/C12H18O2/c1-10-4-6-11(7-5-10)12(14-3)8-9-13-2/h4-7,12H,8-9H2,1-3H3. The van der Waals surface area contributed by atoms with Crippen LogP contribution in [0, 0.1) is 6.92 Å². The Kier molecular flexibility index (Phi) is 4.63. The molecule has 0 heterocycles. The topological polar surface area (TPSA) is 18.5 Å². The van der Waals surface area contributed by atoms with Crippen LogP contribution in [0.15, 0.2) is 24.3 Å². The van der Waals surface area contributed by atoms with E-state index >= 15 is 0 Å². The van der Waals surface area contributed by atoms with Crippen molar-refractivity contribution >= 4 is 0 Å². The van der Waals surface area contributed by atoms with Gasteiger partial charge in [-0.1, -0.05) is 29.8 Å². The molecule has 1 atom stereocenters. The molecule has 0 amide bonds. The zero-order valence-electron chi connectivity index (χ0n) is 9.12. The first-order valence-electron chi connectivity index (χ1n) is 4.86. The minimum absolute atomic E-state index is 0.149. The van der Waals surface area contributed by atoms with Crippen LogP contribution in [0.5, 0.6) is 0 Å². The molecule has 0 saturated carbocycles. The van der Waals surface area contributed by atoms with Crippen molar-refractivity contribution in [1.82, 2.24) is 0 Å². The molecule has 0 fully saturated rings. The molecule has 78 valence electrons. The van der Waals surface area contributed by atoms with E-state index in [1.54, 1.807) is 14.2 Å². The molecule has 0 spiro atoms. The molecule has 1 aromatic rings. The van der Waals surface area contributed by atoms with Crippen LogP contribution in [0.4, 0.5) is 0 Å². The van der Waals surface area contributed by atoms with Crippen LogP contribution >= 0.6 is 0 Å². The van der Waals surface area contributed by atoms with Crippen molar-refractivity contribution in [3.05, 3.63) is 35.4 Å². The van der Waals surface area contributed by atoms with E-state index in [9.17, 15) is 0 Å². The quantitative estimate of drug-likeness (QED) is 0.717. The highest BCUT2D eigenvalue weighted by Gasteiger charge is 2.08. The van der Waals surface area contributed by atoms with Gasteiger partial charge >= 0.3 is 0 Å². The van der Waals surface area contributed by atoms with Gasteiger partial charge in [-0.2, -0.15) is 0 Å². The highest BCUT2D eigenvalue weighted by atomic mass is 16.5. The second-order valence-electron chi connectivity index (χ2n) is 3.42. The summed E-state index contributed by atoms with van der Waals surface area (Å²) >= 11 is 0. The monoisotopic (exact) mass is 194 g/mol. The first-order valence-corrected chi connectivity index (χ1v) is 4.86. The summed E-state index contributed by atoms with van der Waals surface area (Å²) in [5.41, 5.74) is 2.49. The number of benzene rings is 1. The van der Waals surface area contributed by atoms with Crippen molar-refractivity contribution in [2.75, 3.05) is 20.8 Å². The number of hydrogen-bond donors (Lipinski definition) is 0. The summed E-state index contributed by atoms with van der Waals surface area (Å²) in [5.74, 6) is 0. The summed E-state index contributed by atoms with van der Waals surface area (Å²) in [4.78, 5) is 0. The molecule has 14 heavy (non-hydrogen) atoms. The molecule has 0 bridgehead atoms. The molecular weight excluding hydrogens is 176 g/mol. The summed E-state index contributed by atoms with van der Waals surface area (Å²) in [7, 11) is 3.45. The van der Waals surface area contributed by atoms with Crippen LogP contribution in [0.3, 0.4) is 0 Å². The van der Waals surface area contributed by atoms with Crippen LogP contribution < -0.4 is 0 Å². The molecule has 0 N–H and O–H groups in total. The van der Waals surface area contributed by atoms with Gasteiger partial charge in [0.2, 0.25) is 0 Å². The van der Waals surface area contributed by atoms with Crippen LogP contribution in [-0.4, -0.2) is 20.8 Å². The third-order valence-corrected chi connectivity index (χ3v) is 2.32. The van der Waals surface area contributed by atoms with Gasteiger partial charge in [-0.15, -0.1) is 0 Å². The number of aryl methyl sites for hydroxylation is 1. The fourth-order valence-electron chi connectivity index (χ4n) is 1.43. The number of ether oxygens (including phenoxy) is 2. The van der Waals surface area contributed by atoms with Crippen molar-refractivity contribution in [2.24, 2.45) is 0 Å². The average Bonchev–Trinajstić information content (AvgIpc) is 2.21. The fraction of sp³-hybridized carbons (Fsp3) is 0.500. The van der Waals surface area contributed by atoms with E-state index in [2.05, 4.69) is 31.2 Å². The SMILES string of the molecule is COCCC(OC)c1ccc(C)cc1. The van der Waals surface area contributed by atoms with Crippen molar-refractivity contribution in [1.29, 1.82) is 0 Å². The van der Waals surface area contributed by atoms with E-state index < -0.39 is 0 Å². The van der Waals surface area contributed by atoms with Crippen molar-refractivity contribution in [3.8, 4) is 0 Å². The van der Waals surface area contributed by atoms with Gasteiger partial charge < -0.3 is 9.47 Å². The highest BCUT2D eigenvalue weighted by Crippen LogP contribution is 2.20. The Morgan fingerprint density at radius 1 is 1.14 bits per heavy atom. The average molecular weight is 194 g/mol. The smallest absolute Gasteiger partial charge is 0.0843 e. The molecule has 0 aliphatic carbocycles. The molecule has 0 radical (unpaired) electrons. The Labute approximate surface area is 85.8 Å². The fourth-order valence-corrected chi connectivity index (χ4v) is 1.43. The second kappa shape index (κ2) is 5.78. The predicted molar refractivity (Wildman–Crippen MR) is 57.4 cm³/mol. The molecule has 1 rings (SSSR count). The Balaban J connectivity index is 2.64. The van der Waals surface area contributed by atoms with Crippen molar-refractivity contribution in [3.63, 3.8) is 0 Å². The summed E-state index contributed by atoms with van der Waals surface area (Å²) in [6, 6.07) is 8.43. The first kappa shape index (κ1) is 11.2. The second-order valence-corrected chi connectivity index (χ2v) is 3.42. The normalized spacial score (nSPS) is 12.8. The van der Waals surface area contributed by atoms with E-state index in [4.69, 9.17) is 9.47 Å². The molecule has 0 aromatic heterocycles. The Morgan fingerprint density at radius 3 is 2.29 bits per heavy atom. The van der Waals surface area contributed by atoms with Gasteiger partial charge in [-0.25, -0.2) is 0 Å². The number of rotatable bonds is 5. The molecule has 0 aliphatic rings. The molecule has 0 aliphatic heterocycles. The maximum Gasteiger partial charge on any atom is 0.0843 e. The van der Waals surface area contributed by atoms with Gasteiger partial charge in [0.25, 0.3) is 0 Å². The highest BCUT2D eigenvalue weighted by molar-refractivity contribution is 5.23. The predicted octanol–water partition coefficient (Wildman–Crippen LogP) is 2.72. The Bertz CT molecular complexity index is 254. The lowest BCUT2D eigenvalue weighted by atomic mass is 10.1. The zero-order valence-corrected chi connectivity index (χ0v) is 9.12. The van der Waals surface area contributed by atoms with Crippen LogP contribution in [-0.2, 0) is 9.47 Å². The minimum Gasteiger partial charge on any atom is -0.385 e. The molecule has 0 saturated heterocycles. The van der Waals surface area contributed by atoms with Gasteiger partial charge in [-0.3, -0.25) is 0 Å². The van der Waals surface area contributed by atoms with Crippen molar-refractivity contribution in [2.45, 2.75) is 19.4 Å². The van der Waals surface area contributed by atoms with Crippen LogP contribution in [0.1, 0.15) is 23.7 Å². The van der Waals surface area contributed by atoms with Gasteiger partial charge in [0.1, 0.15) is 0 Å². The lowest BCUT2D eigenvalue weighted by Gasteiger charge is -2.15. The maximum absolute atomic E-state index is 5.40. The third-order valence-electron chi connectivity index (χ3n) is 2.32. The van der Waals surface area contributed by atoms with E-state index in [1.165, 1.54) is 11.1 Å². The van der Waals surface area contributed by atoms with E-state index in [-0.39, 0.29) is 6.10 Å². The van der Waals surface area contributed by atoms with E-state index in [0.717, 1.165) is 13.0 Å².